The van der Waals surface area contributed by atoms with E-state index in [4.69, 9.17) is 0 Å². The van der Waals surface area contributed by atoms with E-state index >= 15 is 0 Å². The Labute approximate surface area is 92.7 Å². The van der Waals surface area contributed by atoms with E-state index in [1.165, 1.54) is 6.33 Å². The SMILES string of the molecule is CC(NC(=O)C1CC(O)CN1)c1ncn[nH]1. The van der Waals surface area contributed by atoms with Gasteiger partial charge in [0.2, 0.25) is 5.91 Å². The van der Waals surface area contributed by atoms with Crippen LogP contribution in [0, 0.1) is 0 Å². The Bertz CT molecular complexity index is 353. The van der Waals surface area contributed by atoms with Gasteiger partial charge in [-0.3, -0.25) is 9.89 Å². The number of aliphatic hydroxyl groups excluding tert-OH is 1. The Morgan fingerprint density at radius 3 is 3.12 bits per heavy atom. The molecule has 0 bridgehead atoms. The van der Waals surface area contributed by atoms with Crippen molar-refractivity contribution in [2.75, 3.05) is 6.54 Å². The highest BCUT2D eigenvalue weighted by Gasteiger charge is 2.29. The molecule has 3 unspecified atom stereocenters. The van der Waals surface area contributed by atoms with Crippen LogP contribution in [0.2, 0.25) is 0 Å². The summed E-state index contributed by atoms with van der Waals surface area (Å²) in [4.78, 5) is 15.7. The summed E-state index contributed by atoms with van der Waals surface area (Å²) < 4.78 is 0. The normalized spacial score (nSPS) is 26.6. The second kappa shape index (κ2) is 4.58. The van der Waals surface area contributed by atoms with Gasteiger partial charge in [0, 0.05) is 6.54 Å². The zero-order valence-corrected chi connectivity index (χ0v) is 8.97. The Balaban J connectivity index is 1.88. The molecule has 0 aliphatic carbocycles. The van der Waals surface area contributed by atoms with E-state index in [1.54, 1.807) is 0 Å². The highest BCUT2D eigenvalue weighted by Crippen LogP contribution is 2.09. The van der Waals surface area contributed by atoms with Gasteiger partial charge in [0.05, 0.1) is 18.2 Å². The maximum atomic E-state index is 11.7. The third kappa shape index (κ3) is 2.37. The van der Waals surface area contributed by atoms with Crippen LogP contribution < -0.4 is 10.6 Å². The molecular weight excluding hydrogens is 210 g/mol. The van der Waals surface area contributed by atoms with Crippen LogP contribution in [0.3, 0.4) is 0 Å². The quantitative estimate of drug-likeness (QED) is 0.512. The average molecular weight is 225 g/mol. The first kappa shape index (κ1) is 11.0. The lowest BCUT2D eigenvalue weighted by molar-refractivity contribution is -0.123. The molecule has 1 aliphatic heterocycles. The number of nitrogens with zero attached hydrogens (tertiary/aromatic N) is 2. The smallest absolute Gasteiger partial charge is 0.237 e. The number of hydrogen-bond acceptors (Lipinski definition) is 5. The second-order valence-electron chi connectivity index (χ2n) is 3.95. The van der Waals surface area contributed by atoms with Gasteiger partial charge >= 0.3 is 0 Å². The predicted octanol–water partition coefficient (Wildman–Crippen LogP) is -1.30. The van der Waals surface area contributed by atoms with Crippen LogP contribution in [0.1, 0.15) is 25.2 Å². The molecule has 0 saturated carbocycles. The fourth-order valence-electron chi connectivity index (χ4n) is 1.72. The third-order valence-corrected chi connectivity index (χ3v) is 2.63. The molecule has 1 fully saturated rings. The molecule has 7 heteroatoms. The lowest BCUT2D eigenvalue weighted by atomic mass is 10.2. The molecule has 16 heavy (non-hydrogen) atoms. The lowest BCUT2D eigenvalue weighted by Gasteiger charge is -2.15. The van der Waals surface area contributed by atoms with Crippen molar-refractivity contribution in [1.29, 1.82) is 0 Å². The van der Waals surface area contributed by atoms with E-state index < -0.39 is 6.10 Å². The summed E-state index contributed by atoms with van der Waals surface area (Å²) >= 11 is 0. The summed E-state index contributed by atoms with van der Waals surface area (Å²) in [7, 11) is 0. The van der Waals surface area contributed by atoms with Crippen molar-refractivity contribution in [2.45, 2.75) is 31.5 Å². The summed E-state index contributed by atoms with van der Waals surface area (Å²) in [6.45, 7) is 2.29. The number of β-amino-alcohol motifs (C(OH)–C–C–N with tert-alkyl or cyclic N) is 1. The van der Waals surface area contributed by atoms with Crippen LogP contribution in [-0.4, -0.2) is 44.9 Å². The van der Waals surface area contributed by atoms with Crippen molar-refractivity contribution in [1.82, 2.24) is 25.8 Å². The van der Waals surface area contributed by atoms with Gasteiger partial charge in [0.25, 0.3) is 0 Å². The van der Waals surface area contributed by atoms with Crippen molar-refractivity contribution in [2.24, 2.45) is 0 Å². The van der Waals surface area contributed by atoms with E-state index in [1.807, 2.05) is 6.92 Å². The molecule has 4 N–H and O–H groups in total. The zero-order chi connectivity index (χ0) is 11.5. The summed E-state index contributed by atoms with van der Waals surface area (Å²) in [6, 6.07) is -0.532. The van der Waals surface area contributed by atoms with Crippen LogP contribution in [0.15, 0.2) is 6.33 Å². The lowest BCUT2D eigenvalue weighted by Crippen LogP contribution is -2.41. The number of carbonyl (C=O) groups is 1. The van der Waals surface area contributed by atoms with Crippen molar-refractivity contribution < 1.29 is 9.90 Å². The number of nitrogens with one attached hydrogen (secondary N) is 3. The minimum atomic E-state index is -0.434. The van der Waals surface area contributed by atoms with Gasteiger partial charge in [-0.05, 0) is 13.3 Å². The van der Waals surface area contributed by atoms with Gasteiger partial charge in [-0.1, -0.05) is 0 Å². The fraction of sp³-hybridized carbons (Fsp3) is 0.667. The van der Waals surface area contributed by atoms with Crippen LogP contribution in [0.5, 0.6) is 0 Å². The topological polar surface area (TPSA) is 103 Å². The average Bonchev–Trinajstić information content (AvgIpc) is 2.87. The van der Waals surface area contributed by atoms with Crippen molar-refractivity contribution >= 4 is 5.91 Å². The molecule has 1 aliphatic rings. The molecule has 2 heterocycles. The first-order chi connectivity index (χ1) is 7.66. The number of carbonyl (C=O) groups excluding carboxylic acids is 1. The number of amides is 1. The summed E-state index contributed by atoms with van der Waals surface area (Å²) in [5.41, 5.74) is 0. The van der Waals surface area contributed by atoms with Gasteiger partial charge < -0.3 is 15.7 Å². The van der Waals surface area contributed by atoms with Crippen LogP contribution in [-0.2, 0) is 4.79 Å². The molecule has 0 spiro atoms. The fourth-order valence-corrected chi connectivity index (χ4v) is 1.72. The summed E-state index contributed by atoms with van der Waals surface area (Å²) in [5, 5.41) is 21.5. The van der Waals surface area contributed by atoms with Crippen LogP contribution in [0.4, 0.5) is 0 Å². The van der Waals surface area contributed by atoms with E-state index in [0.29, 0.717) is 18.8 Å². The third-order valence-electron chi connectivity index (χ3n) is 2.63. The Kier molecular flexibility index (Phi) is 3.16. The molecule has 3 atom stereocenters. The molecule has 7 nitrogen and oxygen atoms in total. The number of aromatic nitrogens is 3. The molecule has 1 aromatic rings. The van der Waals surface area contributed by atoms with E-state index in [9.17, 15) is 9.90 Å². The maximum absolute atomic E-state index is 11.7. The standard InChI is InChI=1S/C9H15N5O2/c1-5(8-11-4-12-14-8)13-9(16)7-2-6(15)3-10-7/h4-7,10,15H,2-3H2,1H3,(H,13,16)(H,11,12,14). The molecular formula is C9H15N5O2. The predicted molar refractivity (Wildman–Crippen MR) is 55.4 cm³/mol. The largest absolute Gasteiger partial charge is 0.392 e. The zero-order valence-electron chi connectivity index (χ0n) is 8.97. The Morgan fingerprint density at radius 2 is 2.56 bits per heavy atom. The molecule has 1 aromatic heterocycles. The van der Waals surface area contributed by atoms with E-state index in [2.05, 4.69) is 25.8 Å². The van der Waals surface area contributed by atoms with E-state index in [-0.39, 0.29) is 18.0 Å². The van der Waals surface area contributed by atoms with Gasteiger partial charge in [0.15, 0.2) is 0 Å². The number of rotatable bonds is 3. The Hall–Kier alpha value is -1.47. The first-order valence-electron chi connectivity index (χ1n) is 5.24. The van der Waals surface area contributed by atoms with Crippen molar-refractivity contribution in [3.63, 3.8) is 0 Å². The van der Waals surface area contributed by atoms with Crippen LogP contribution >= 0.6 is 0 Å². The number of aliphatic hydroxyl groups is 1. The minimum Gasteiger partial charge on any atom is -0.392 e. The molecule has 0 aromatic carbocycles. The van der Waals surface area contributed by atoms with Gasteiger partial charge in [-0.15, -0.1) is 0 Å². The van der Waals surface area contributed by atoms with Gasteiger partial charge in [-0.25, -0.2) is 4.98 Å². The number of hydrogen-bond donors (Lipinski definition) is 4. The molecule has 88 valence electrons. The summed E-state index contributed by atoms with van der Waals surface area (Å²) in [5.74, 6) is 0.493. The van der Waals surface area contributed by atoms with Crippen molar-refractivity contribution in [3.05, 3.63) is 12.2 Å². The van der Waals surface area contributed by atoms with Gasteiger partial charge in [-0.2, -0.15) is 5.10 Å². The first-order valence-corrected chi connectivity index (χ1v) is 5.24. The van der Waals surface area contributed by atoms with Crippen molar-refractivity contribution in [3.8, 4) is 0 Å². The number of aromatic amines is 1. The second-order valence-corrected chi connectivity index (χ2v) is 3.95. The molecule has 1 saturated heterocycles. The highest BCUT2D eigenvalue weighted by atomic mass is 16.3. The maximum Gasteiger partial charge on any atom is 0.237 e. The summed E-state index contributed by atoms with van der Waals surface area (Å²) in [6.07, 6.45) is 1.42. The monoisotopic (exact) mass is 225 g/mol. The molecule has 2 rings (SSSR count). The van der Waals surface area contributed by atoms with Crippen LogP contribution in [0.25, 0.3) is 0 Å². The Morgan fingerprint density at radius 1 is 1.75 bits per heavy atom. The highest BCUT2D eigenvalue weighted by molar-refractivity contribution is 5.82. The minimum absolute atomic E-state index is 0.125. The number of H-pyrrole nitrogens is 1. The molecule has 1 amide bonds. The van der Waals surface area contributed by atoms with Gasteiger partial charge in [0.1, 0.15) is 12.2 Å². The van der Waals surface area contributed by atoms with E-state index in [0.717, 1.165) is 0 Å². The molecule has 0 radical (unpaired) electrons.